The van der Waals surface area contributed by atoms with Gasteiger partial charge >= 0.3 is 0 Å². The van der Waals surface area contributed by atoms with E-state index in [0.717, 1.165) is 41.2 Å². The van der Waals surface area contributed by atoms with Crippen molar-refractivity contribution in [3.8, 4) is 34.1 Å². The fourth-order valence-corrected chi connectivity index (χ4v) is 3.46. The van der Waals surface area contributed by atoms with E-state index in [1.165, 1.54) is 11.8 Å². The van der Waals surface area contributed by atoms with Crippen LogP contribution in [0.5, 0.6) is 23.0 Å². The summed E-state index contributed by atoms with van der Waals surface area (Å²) in [6, 6.07) is 19.7. The first-order valence-corrected chi connectivity index (χ1v) is 10.5. The van der Waals surface area contributed by atoms with Gasteiger partial charge in [0, 0.05) is 18.3 Å². The number of methoxy groups -OCH3 is 3. The summed E-state index contributed by atoms with van der Waals surface area (Å²) in [7, 11) is 4.89. The van der Waals surface area contributed by atoms with Crippen LogP contribution in [0.4, 0.5) is 0 Å². The van der Waals surface area contributed by atoms with Crippen LogP contribution in [0.1, 0.15) is 11.1 Å². The molecule has 0 bridgehead atoms. The highest BCUT2D eigenvalue weighted by molar-refractivity contribution is 5.85. The quantitative estimate of drug-likeness (QED) is 0.322. The first kappa shape index (κ1) is 23.2. The molecule has 0 unspecified atom stereocenters. The lowest BCUT2D eigenvalue weighted by Crippen LogP contribution is -2.23. The molecule has 0 atom stereocenters. The number of ether oxygens (including phenoxy) is 4. The van der Waals surface area contributed by atoms with E-state index in [4.69, 9.17) is 24.4 Å². The second-order valence-electron chi connectivity index (χ2n) is 7.15. The number of hydrogen-bond donors (Lipinski definition) is 2. The van der Waals surface area contributed by atoms with Crippen molar-refractivity contribution in [2.45, 2.75) is 6.42 Å². The summed E-state index contributed by atoms with van der Waals surface area (Å²) in [5, 5.41) is 11.0. The van der Waals surface area contributed by atoms with E-state index in [9.17, 15) is 0 Å². The summed E-state index contributed by atoms with van der Waals surface area (Å²) >= 11 is 0. The Balaban J connectivity index is 1.59. The van der Waals surface area contributed by atoms with Crippen molar-refractivity contribution < 1.29 is 18.9 Å². The zero-order valence-corrected chi connectivity index (χ0v) is 18.8. The van der Waals surface area contributed by atoms with Crippen molar-refractivity contribution in [3.05, 3.63) is 71.8 Å². The molecule has 0 aromatic heterocycles. The van der Waals surface area contributed by atoms with E-state index in [-0.39, 0.29) is 0 Å². The van der Waals surface area contributed by atoms with Crippen LogP contribution in [0, 0.1) is 5.41 Å². The van der Waals surface area contributed by atoms with Crippen LogP contribution in [0.2, 0.25) is 0 Å². The van der Waals surface area contributed by atoms with Gasteiger partial charge in [-0.05, 0) is 53.9 Å². The van der Waals surface area contributed by atoms with Gasteiger partial charge in [-0.15, -0.1) is 0 Å². The lowest BCUT2D eigenvalue weighted by Gasteiger charge is -2.17. The summed E-state index contributed by atoms with van der Waals surface area (Å²) in [5.74, 6) is 2.78. The van der Waals surface area contributed by atoms with E-state index in [1.807, 2.05) is 60.7 Å². The van der Waals surface area contributed by atoms with Gasteiger partial charge in [-0.3, -0.25) is 0 Å². The molecule has 0 fully saturated rings. The topological polar surface area (TPSA) is 72.8 Å². The standard InChI is InChI=1S/C26H30N2O4/c1-29-23-10-9-19(16-24(23)30-2)11-12-28-13-14-32-26-22(21-7-5-4-6-8-21)15-20(18-27)17-25(26)31-3/h4-10,15-18,27-28H,11-14H2,1-3H3. The Bertz CT molecular complexity index is 1020. The average molecular weight is 435 g/mol. The van der Waals surface area contributed by atoms with E-state index in [0.29, 0.717) is 24.7 Å². The predicted octanol–water partition coefficient (Wildman–Crippen LogP) is 4.59. The molecule has 0 radical (unpaired) electrons. The molecule has 3 aromatic rings. The minimum atomic E-state index is 0.492. The molecule has 0 amide bonds. The maximum atomic E-state index is 7.63. The summed E-state index contributed by atoms with van der Waals surface area (Å²) in [5.41, 5.74) is 3.87. The minimum absolute atomic E-state index is 0.492. The summed E-state index contributed by atoms with van der Waals surface area (Å²) in [4.78, 5) is 0. The Morgan fingerprint density at radius 2 is 1.56 bits per heavy atom. The summed E-state index contributed by atoms with van der Waals surface area (Å²) in [6.45, 7) is 2.00. The van der Waals surface area contributed by atoms with Crippen LogP contribution < -0.4 is 24.3 Å². The van der Waals surface area contributed by atoms with Crippen molar-refractivity contribution in [2.75, 3.05) is 41.0 Å². The first-order valence-electron chi connectivity index (χ1n) is 10.5. The highest BCUT2D eigenvalue weighted by atomic mass is 16.5. The van der Waals surface area contributed by atoms with Gasteiger partial charge in [0.15, 0.2) is 23.0 Å². The highest BCUT2D eigenvalue weighted by Gasteiger charge is 2.14. The normalized spacial score (nSPS) is 10.5. The molecule has 0 aliphatic carbocycles. The molecule has 6 nitrogen and oxygen atoms in total. The molecule has 168 valence electrons. The van der Waals surface area contributed by atoms with Crippen molar-refractivity contribution in [2.24, 2.45) is 0 Å². The lowest BCUT2D eigenvalue weighted by atomic mass is 10.0. The van der Waals surface area contributed by atoms with E-state index < -0.39 is 0 Å². The Hall–Kier alpha value is -3.51. The van der Waals surface area contributed by atoms with Crippen LogP contribution in [0.3, 0.4) is 0 Å². The van der Waals surface area contributed by atoms with Gasteiger partial charge in [-0.25, -0.2) is 0 Å². The Morgan fingerprint density at radius 1 is 0.812 bits per heavy atom. The highest BCUT2D eigenvalue weighted by Crippen LogP contribution is 2.39. The van der Waals surface area contributed by atoms with Gasteiger partial charge in [0.05, 0.1) is 21.3 Å². The third-order valence-electron chi connectivity index (χ3n) is 5.11. The maximum absolute atomic E-state index is 7.63. The van der Waals surface area contributed by atoms with Gasteiger partial charge < -0.3 is 29.7 Å². The van der Waals surface area contributed by atoms with Crippen LogP contribution >= 0.6 is 0 Å². The number of rotatable bonds is 12. The molecule has 0 saturated carbocycles. The lowest BCUT2D eigenvalue weighted by molar-refractivity contribution is 0.294. The predicted molar refractivity (Wildman–Crippen MR) is 128 cm³/mol. The molecule has 32 heavy (non-hydrogen) atoms. The zero-order chi connectivity index (χ0) is 22.8. The molecule has 3 rings (SSSR count). The van der Waals surface area contributed by atoms with Crippen LogP contribution in [0.25, 0.3) is 11.1 Å². The molecule has 2 N–H and O–H groups in total. The second-order valence-corrected chi connectivity index (χ2v) is 7.15. The van der Waals surface area contributed by atoms with Crippen molar-refractivity contribution in [1.29, 1.82) is 5.41 Å². The molecule has 6 heteroatoms. The fourth-order valence-electron chi connectivity index (χ4n) is 3.46. The van der Waals surface area contributed by atoms with Crippen LogP contribution in [-0.4, -0.2) is 47.2 Å². The molecule has 0 saturated heterocycles. The molecule has 0 aliphatic heterocycles. The second kappa shape index (κ2) is 11.8. The Kier molecular flexibility index (Phi) is 8.52. The number of nitrogens with one attached hydrogen (secondary N) is 2. The number of hydrogen-bond acceptors (Lipinski definition) is 6. The first-order chi connectivity index (χ1) is 15.7. The fraction of sp³-hybridized carbons (Fsp3) is 0.269. The minimum Gasteiger partial charge on any atom is -0.493 e. The van der Waals surface area contributed by atoms with Crippen molar-refractivity contribution in [3.63, 3.8) is 0 Å². The van der Waals surface area contributed by atoms with E-state index in [1.54, 1.807) is 21.3 Å². The van der Waals surface area contributed by atoms with Crippen LogP contribution in [-0.2, 0) is 6.42 Å². The average Bonchev–Trinajstić information content (AvgIpc) is 2.86. The Morgan fingerprint density at radius 3 is 2.25 bits per heavy atom. The van der Waals surface area contributed by atoms with Crippen molar-refractivity contribution >= 4 is 6.21 Å². The van der Waals surface area contributed by atoms with Crippen molar-refractivity contribution in [1.82, 2.24) is 5.32 Å². The van der Waals surface area contributed by atoms with E-state index >= 15 is 0 Å². The summed E-state index contributed by atoms with van der Waals surface area (Å²) < 4.78 is 22.3. The SMILES string of the molecule is COc1ccc(CCNCCOc2c(OC)cc(C=N)cc2-c2ccccc2)cc1OC. The molecular formula is C26H30N2O4. The third-order valence-corrected chi connectivity index (χ3v) is 5.11. The van der Waals surface area contributed by atoms with Gasteiger partial charge in [-0.2, -0.15) is 0 Å². The molecule has 0 aliphatic rings. The monoisotopic (exact) mass is 434 g/mol. The van der Waals surface area contributed by atoms with Gasteiger partial charge in [0.1, 0.15) is 6.61 Å². The maximum Gasteiger partial charge on any atom is 0.169 e. The largest absolute Gasteiger partial charge is 0.493 e. The molecule has 0 spiro atoms. The van der Waals surface area contributed by atoms with Gasteiger partial charge in [0.2, 0.25) is 0 Å². The van der Waals surface area contributed by atoms with Gasteiger partial charge in [0.25, 0.3) is 0 Å². The molecule has 3 aromatic carbocycles. The third kappa shape index (κ3) is 5.80. The Labute approximate surface area is 189 Å². The summed E-state index contributed by atoms with van der Waals surface area (Å²) in [6.07, 6.45) is 2.18. The smallest absolute Gasteiger partial charge is 0.169 e. The zero-order valence-electron chi connectivity index (χ0n) is 18.8. The number of benzene rings is 3. The molecular weight excluding hydrogens is 404 g/mol. The van der Waals surface area contributed by atoms with Crippen LogP contribution in [0.15, 0.2) is 60.7 Å². The van der Waals surface area contributed by atoms with E-state index in [2.05, 4.69) is 5.32 Å². The molecule has 0 heterocycles. The van der Waals surface area contributed by atoms with Gasteiger partial charge in [-0.1, -0.05) is 36.4 Å².